The summed E-state index contributed by atoms with van der Waals surface area (Å²) >= 11 is 1.85. The lowest BCUT2D eigenvalue weighted by molar-refractivity contribution is 0.238. The third kappa shape index (κ3) is 10.2. The maximum absolute atomic E-state index is 8.69. The first-order valence-electron chi connectivity index (χ1n) is 13.2. The molecular weight excluding hydrogens is 552 g/mol. The lowest BCUT2D eigenvalue weighted by Gasteiger charge is -2.15. The molecule has 3 aromatic carbocycles. The topological polar surface area (TPSA) is 171 Å². The zero-order valence-corrected chi connectivity index (χ0v) is 24.6. The van der Waals surface area contributed by atoms with Crippen molar-refractivity contribution in [2.24, 2.45) is 0 Å². The molecule has 1 aromatic heterocycles. The summed E-state index contributed by atoms with van der Waals surface area (Å²) in [6, 6.07) is 27.8. The van der Waals surface area contributed by atoms with Crippen LogP contribution >= 0.6 is 11.3 Å². The molecule has 2 heterocycles. The summed E-state index contributed by atoms with van der Waals surface area (Å²) in [5.41, 5.74) is 3.85. The van der Waals surface area contributed by atoms with E-state index in [1.165, 1.54) is 57.6 Å². The first-order valence-corrected chi connectivity index (χ1v) is 14.0. The molecule has 0 bridgehead atoms. The van der Waals surface area contributed by atoms with Crippen molar-refractivity contribution in [1.82, 2.24) is 4.90 Å². The van der Waals surface area contributed by atoms with Crippen molar-refractivity contribution in [3.05, 3.63) is 83.9 Å². The lowest BCUT2D eigenvalue weighted by Crippen LogP contribution is -2.25. The van der Waals surface area contributed by atoms with E-state index in [-0.39, 0.29) is 21.9 Å². The van der Waals surface area contributed by atoms with E-state index in [0.29, 0.717) is 13.0 Å². The fourth-order valence-corrected chi connectivity index (χ4v) is 5.98. The van der Waals surface area contributed by atoms with E-state index in [0.717, 1.165) is 37.5 Å². The molecule has 1 aliphatic heterocycles. The average Bonchev–Trinajstić information content (AvgIpc) is 3.62. The van der Waals surface area contributed by atoms with E-state index >= 15 is 0 Å². The largest absolute Gasteiger partial charge is 0.494 e. The molecule has 42 heavy (non-hydrogen) atoms. The van der Waals surface area contributed by atoms with Gasteiger partial charge in [-0.05, 0) is 103 Å². The third-order valence-electron chi connectivity index (χ3n) is 6.70. The molecule has 0 amide bonds. The first kappa shape index (κ1) is 38.1. The van der Waals surface area contributed by atoms with Crippen molar-refractivity contribution >= 4 is 21.4 Å². The van der Waals surface area contributed by atoms with Crippen LogP contribution in [0.3, 0.4) is 0 Å². The van der Waals surface area contributed by atoms with Crippen molar-refractivity contribution < 1.29 is 31.4 Å². The van der Waals surface area contributed by atoms with E-state index in [4.69, 9.17) is 14.7 Å². The molecule has 226 valence electrons. The second-order valence-corrected chi connectivity index (χ2v) is 10.3. The Bertz CT molecular complexity index is 1360. The van der Waals surface area contributed by atoms with Crippen LogP contribution in [0.15, 0.2) is 72.8 Å². The van der Waals surface area contributed by atoms with Crippen LogP contribution in [0.1, 0.15) is 36.8 Å². The quantitative estimate of drug-likeness (QED) is 0.187. The smallest absolute Gasteiger partial charge is 0.119 e. The Balaban J connectivity index is 0.00000274. The summed E-state index contributed by atoms with van der Waals surface area (Å²) in [7, 11) is 0. The van der Waals surface area contributed by atoms with Gasteiger partial charge in [0, 0.05) is 22.5 Å². The van der Waals surface area contributed by atoms with Crippen LogP contribution in [-0.2, 0) is 6.42 Å². The van der Waals surface area contributed by atoms with Crippen LogP contribution in [0, 0.1) is 24.2 Å². The summed E-state index contributed by atoms with van der Waals surface area (Å²) in [6.07, 6.45) is 12.8. The predicted molar refractivity (Wildman–Crippen MR) is 172 cm³/mol. The Morgan fingerprint density at radius 2 is 1.38 bits per heavy atom. The Hall–Kier alpha value is -3.93. The van der Waals surface area contributed by atoms with E-state index in [2.05, 4.69) is 84.5 Å². The number of hydrogen-bond donors (Lipinski definition) is 0. The van der Waals surface area contributed by atoms with Crippen molar-refractivity contribution in [2.45, 2.75) is 32.1 Å². The van der Waals surface area contributed by atoms with Gasteiger partial charge in [-0.25, -0.2) is 0 Å². The highest BCUT2D eigenvalue weighted by Gasteiger charge is 2.15. The number of likely N-dealkylation sites (tertiary alicyclic amines) is 1. The van der Waals surface area contributed by atoms with Gasteiger partial charge in [-0.3, -0.25) is 4.90 Å². The van der Waals surface area contributed by atoms with Gasteiger partial charge in [0.15, 0.2) is 0 Å². The number of thiophene rings is 1. The molecule has 8 nitrogen and oxygen atoms in total. The number of ether oxygens (including phenoxy) is 2. The molecule has 5 rings (SSSR count). The number of unbranched alkanes of at least 4 members (excludes halogenated alkanes) is 1. The highest BCUT2D eigenvalue weighted by molar-refractivity contribution is 7.22. The van der Waals surface area contributed by atoms with Crippen molar-refractivity contribution in [2.75, 3.05) is 32.8 Å². The second-order valence-electron chi connectivity index (χ2n) is 9.26. The molecule has 0 saturated carbocycles. The van der Waals surface area contributed by atoms with Gasteiger partial charge in [0.05, 0.1) is 12.7 Å². The van der Waals surface area contributed by atoms with Gasteiger partial charge in [0.25, 0.3) is 0 Å². The molecule has 0 aliphatic carbocycles. The Kier molecular flexibility index (Phi) is 18.2. The van der Waals surface area contributed by atoms with E-state index in [9.17, 15) is 0 Å². The molecule has 0 radical (unpaired) electrons. The van der Waals surface area contributed by atoms with Crippen LogP contribution < -0.4 is 9.47 Å². The monoisotopic (exact) mass is 594 g/mol. The number of terminal acetylenes is 1. The molecule has 1 saturated heterocycles. The molecule has 0 atom stereocenters. The summed E-state index contributed by atoms with van der Waals surface area (Å²) in [4.78, 5) is 3.78. The van der Waals surface area contributed by atoms with Crippen LogP contribution in [0.25, 0.3) is 20.5 Å². The van der Waals surface area contributed by atoms with Crippen LogP contribution in [0.4, 0.5) is 0 Å². The molecule has 4 aromatic rings. The van der Waals surface area contributed by atoms with Gasteiger partial charge in [-0.15, -0.1) is 24.2 Å². The second kappa shape index (κ2) is 20.0. The Labute approximate surface area is 252 Å². The van der Waals surface area contributed by atoms with Gasteiger partial charge < -0.3 is 31.4 Å². The fourth-order valence-electron chi connectivity index (χ4n) is 4.76. The summed E-state index contributed by atoms with van der Waals surface area (Å²) in [5.74, 6) is 1.79. The van der Waals surface area contributed by atoms with E-state index in [1.807, 2.05) is 23.5 Å². The van der Waals surface area contributed by atoms with Gasteiger partial charge in [-0.2, -0.15) is 5.26 Å². The minimum absolute atomic E-state index is 0. The van der Waals surface area contributed by atoms with E-state index < -0.39 is 0 Å². The van der Waals surface area contributed by atoms with Crippen LogP contribution in [0.5, 0.6) is 11.5 Å². The average molecular weight is 595 g/mol. The zero-order valence-electron chi connectivity index (χ0n) is 23.8. The Morgan fingerprint density at radius 1 is 0.786 bits per heavy atom. The molecule has 8 N–H and O–H groups in total. The number of nitriles is 1. The lowest BCUT2D eigenvalue weighted by atomic mass is 9.99. The number of hydrogen-bond acceptors (Lipinski definition) is 5. The molecule has 0 spiro atoms. The highest BCUT2D eigenvalue weighted by atomic mass is 32.1. The minimum Gasteiger partial charge on any atom is -0.494 e. The third-order valence-corrected chi connectivity index (χ3v) is 7.96. The van der Waals surface area contributed by atoms with Crippen molar-refractivity contribution in [1.29, 1.82) is 5.26 Å². The Morgan fingerprint density at radius 3 is 2.02 bits per heavy atom. The molecule has 0 unspecified atom stereocenters. The minimum atomic E-state index is 0. The van der Waals surface area contributed by atoms with Gasteiger partial charge >= 0.3 is 0 Å². The summed E-state index contributed by atoms with van der Waals surface area (Å²) in [6.45, 7) is 4.74. The number of benzene rings is 3. The normalized spacial score (nSPS) is 11.7. The standard InChI is InChI=1S/C31H32N2O2S.C2H2.4H2O/c32-17-3-6-21-34-27-15-11-25(12-16-27)31-29(28-7-1-2-8-30(28)36-31)23-24-9-13-26(14-10-24)35-22-20-33-18-4-5-19-33;1-2;;;;/h1-2,7-16H,3-6,18-23H2;1-2H;4*1H2. The number of nitrogens with zero attached hydrogens (tertiary/aromatic N) is 2. The van der Waals surface area contributed by atoms with Crippen molar-refractivity contribution in [3.63, 3.8) is 0 Å². The number of rotatable bonds is 11. The van der Waals surface area contributed by atoms with Crippen LogP contribution in [-0.4, -0.2) is 59.7 Å². The highest BCUT2D eigenvalue weighted by Crippen LogP contribution is 2.40. The van der Waals surface area contributed by atoms with E-state index in [1.54, 1.807) is 0 Å². The maximum Gasteiger partial charge on any atom is 0.119 e. The molecule has 1 aliphatic rings. The zero-order chi connectivity index (χ0) is 26.6. The SMILES string of the molecule is C#C.N#CCCCOc1ccc(-c2sc3ccccc3c2Cc2ccc(OCCN3CCCC3)cc2)cc1.O.O.O.O. The maximum atomic E-state index is 8.69. The van der Waals surface area contributed by atoms with Gasteiger partial charge in [-0.1, -0.05) is 30.3 Å². The van der Waals surface area contributed by atoms with Crippen LogP contribution in [0.2, 0.25) is 0 Å². The van der Waals surface area contributed by atoms with Gasteiger partial charge in [0.1, 0.15) is 18.1 Å². The number of fused-ring (bicyclic) bond motifs is 1. The van der Waals surface area contributed by atoms with Crippen molar-refractivity contribution in [3.8, 4) is 40.9 Å². The predicted octanol–water partition coefficient (Wildman–Crippen LogP) is 4.27. The molecule has 1 fully saturated rings. The first-order chi connectivity index (χ1) is 18.8. The van der Waals surface area contributed by atoms with Gasteiger partial charge in [0.2, 0.25) is 0 Å². The summed E-state index contributed by atoms with van der Waals surface area (Å²) in [5, 5.41) is 10.0. The summed E-state index contributed by atoms with van der Waals surface area (Å²) < 4.78 is 13.1. The fraction of sp³-hybridized carbons (Fsp3) is 0.303. The molecule has 9 heteroatoms. The molecular formula is C33H42N2O6S.